The van der Waals surface area contributed by atoms with E-state index in [0.717, 1.165) is 4.90 Å². The van der Waals surface area contributed by atoms with Crippen LogP contribution in [0.15, 0.2) is 18.2 Å². The fourth-order valence-corrected chi connectivity index (χ4v) is 2.60. The summed E-state index contributed by atoms with van der Waals surface area (Å²) in [7, 11) is -0.822. The van der Waals surface area contributed by atoms with Gasteiger partial charge in [0.25, 0.3) is 0 Å². The molecule has 0 unspecified atom stereocenters. The Morgan fingerprint density at radius 3 is 2.04 bits per heavy atom. The van der Waals surface area contributed by atoms with Crippen LogP contribution in [0.25, 0.3) is 0 Å². The summed E-state index contributed by atoms with van der Waals surface area (Å²) in [6, 6.07) is 4.30. The van der Waals surface area contributed by atoms with E-state index in [-0.39, 0.29) is 11.2 Å². The number of nitrogens with zero attached hydrogens (tertiary/aromatic N) is 1. The molecule has 5 nitrogen and oxygen atoms in total. The van der Waals surface area contributed by atoms with E-state index in [9.17, 15) is 14.3 Å². The molecule has 1 saturated heterocycles. The van der Waals surface area contributed by atoms with Crippen LogP contribution >= 0.6 is 0 Å². The number of hydrogen-bond donors (Lipinski definition) is 1. The number of carboxylic acid groups (broad SMARTS) is 1. The van der Waals surface area contributed by atoms with E-state index in [0.29, 0.717) is 0 Å². The van der Waals surface area contributed by atoms with Gasteiger partial charge in [-0.2, -0.15) is 0 Å². The number of benzene rings is 1. The number of halogens is 1. The second-order valence-electron chi connectivity index (χ2n) is 8.08. The highest BCUT2D eigenvalue weighted by molar-refractivity contribution is 6.62. The molecular weight excluding hydrogens is 312 g/mol. The van der Waals surface area contributed by atoms with Gasteiger partial charge in [-0.25, -0.2) is 9.18 Å². The first kappa shape index (κ1) is 18.7. The van der Waals surface area contributed by atoms with Gasteiger partial charge in [-0.15, -0.1) is 0 Å². The second-order valence-corrected chi connectivity index (χ2v) is 8.08. The maximum absolute atomic E-state index is 14.6. The predicted molar refractivity (Wildman–Crippen MR) is 92.4 cm³/mol. The van der Waals surface area contributed by atoms with E-state index in [4.69, 9.17) is 9.31 Å². The van der Waals surface area contributed by atoms with Gasteiger partial charge in [0.2, 0.25) is 0 Å². The highest BCUT2D eigenvalue weighted by Crippen LogP contribution is 2.37. The van der Waals surface area contributed by atoms with E-state index >= 15 is 0 Å². The molecule has 1 fully saturated rings. The lowest BCUT2D eigenvalue weighted by Gasteiger charge is -2.33. The minimum atomic E-state index is -1.13. The Hall–Kier alpha value is -1.60. The first-order valence-electron chi connectivity index (χ1n) is 7.94. The fraction of sp³-hybridized carbons (Fsp3) is 0.588. The molecule has 7 heteroatoms. The standard InChI is InChI=1S/C17H25BFNO4/c1-15(2,3)20(14(21)22)11-8-9-12(13(19)10-11)18-23-16(4,5)17(6,7)24-18/h8-10H,1-7H3,(H,21,22). The molecule has 1 heterocycles. The molecule has 0 atom stereocenters. The van der Waals surface area contributed by atoms with Crippen molar-refractivity contribution in [2.24, 2.45) is 0 Å². The third-order valence-electron chi connectivity index (χ3n) is 4.61. The summed E-state index contributed by atoms with van der Waals surface area (Å²) in [5.41, 5.74) is -1.29. The molecule has 0 aromatic heterocycles. The van der Waals surface area contributed by atoms with Crippen molar-refractivity contribution in [2.75, 3.05) is 4.90 Å². The van der Waals surface area contributed by atoms with Crippen LogP contribution in [0.1, 0.15) is 48.5 Å². The molecule has 1 N–H and O–H groups in total. The number of anilines is 1. The summed E-state index contributed by atoms with van der Waals surface area (Å²) in [6.45, 7) is 12.8. The van der Waals surface area contributed by atoms with E-state index < -0.39 is 35.8 Å². The van der Waals surface area contributed by atoms with Crippen molar-refractivity contribution in [1.29, 1.82) is 0 Å². The van der Waals surface area contributed by atoms with E-state index in [1.807, 2.05) is 27.7 Å². The van der Waals surface area contributed by atoms with Gasteiger partial charge >= 0.3 is 13.2 Å². The van der Waals surface area contributed by atoms with Gasteiger partial charge in [0.1, 0.15) is 5.82 Å². The largest absolute Gasteiger partial charge is 0.497 e. The minimum absolute atomic E-state index is 0.261. The van der Waals surface area contributed by atoms with Crippen LogP contribution in [-0.2, 0) is 9.31 Å². The molecule has 132 valence electrons. The van der Waals surface area contributed by atoms with Gasteiger partial charge in [0, 0.05) is 11.0 Å². The van der Waals surface area contributed by atoms with Crippen molar-refractivity contribution >= 4 is 24.4 Å². The number of rotatable bonds is 2. The molecule has 1 aliphatic heterocycles. The second kappa shape index (κ2) is 5.74. The Bertz CT molecular complexity index is 638. The van der Waals surface area contributed by atoms with Crippen LogP contribution in [0.2, 0.25) is 0 Å². The van der Waals surface area contributed by atoms with Crippen LogP contribution in [-0.4, -0.2) is 35.1 Å². The van der Waals surface area contributed by atoms with Crippen molar-refractivity contribution in [2.45, 2.75) is 65.2 Å². The summed E-state index contributed by atoms with van der Waals surface area (Å²) < 4.78 is 26.3. The molecule has 0 saturated carbocycles. The summed E-state index contributed by atoms with van der Waals surface area (Å²) in [5.74, 6) is -0.554. The lowest BCUT2D eigenvalue weighted by molar-refractivity contribution is 0.00578. The SMILES string of the molecule is CC(C)(C)N(C(=O)O)c1ccc(B2OC(C)(C)C(C)(C)O2)c(F)c1. The van der Waals surface area contributed by atoms with Gasteiger partial charge in [0.05, 0.1) is 16.9 Å². The predicted octanol–water partition coefficient (Wildman–Crippen LogP) is 3.41. The summed E-state index contributed by atoms with van der Waals surface area (Å²) >= 11 is 0. The molecule has 1 aromatic carbocycles. The van der Waals surface area contributed by atoms with Gasteiger partial charge in [-0.3, -0.25) is 4.90 Å². The average Bonchev–Trinajstić information content (AvgIpc) is 2.55. The third kappa shape index (κ3) is 3.28. The molecule has 0 radical (unpaired) electrons. The molecule has 1 aromatic rings. The van der Waals surface area contributed by atoms with Crippen molar-refractivity contribution < 1.29 is 23.6 Å². The topological polar surface area (TPSA) is 59.0 Å². The van der Waals surface area contributed by atoms with Crippen molar-refractivity contribution in [1.82, 2.24) is 0 Å². The Kier molecular flexibility index (Phi) is 4.48. The first-order chi connectivity index (χ1) is 10.8. The Morgan fingerprint density at radius 2 is 1.67 bits per heavy atom. The van der Waals surface area contributed by atoms with Crippen molar-refractivity contribution in [3.05, 3.63) is 24.0 Å². The van der Waals surface area contributed by atoms with Crippen LogP contribution in [0.5, 0.6) is 0 Å². The molecule has 0 spiro atoms. The molecule has 1 aliphatic rings. The summed E-state index contributed by atoms with van der Waals surface area (Å²) in [6.07, 6.45) is -1.13. The Balaban J connectivity index is 2.37. The average molecular weight is 337 g/mol. The van der Waals surface area contributed by atoms with Crippen LogP contribution in [0.3, 0.4) is 0 Å². The molecule has 24 heavy (non-hydrogen) atoms. The van der Waals surface area contributed by atoms with E-state index in [1.54, 1.807) is 26.8 Å². The lowest BCUT2D eigenvalue weighted by atomic mass is 9.78. The molecule has 0 aliphatic carbocycles. The number of hydrogen-bond acceptors (Lipinski definition) is 3. The molecular formula is C17H25BFNO4. The van der Waals surface area contributed by atoms with Gasteiger partial charge in [-0.1, -0.05) is 6.07 Å². The quantitative estimate of drug-likeness (QED) is 0.841. The zero-order chi connectivity index (χ0) is 18.5. The maximum atomic E-state index is 14.6. The minimum Gasteiger partial charge on any atom is -0.465 e. The van der Waals surface area contributed by atoms with Crippen molar-refractivity contribution in [3.63, 3.8) is 0 Å². The Labute approximate surface area is 142 Å². The van der Waals surface area contributed by atoms with E-state index in [1.165, 1.54) is 12.1 Å². The third-order valence-corrected chi connectivity index (χ3v) is 4.61. The van der Waals surface area contributed by atoms with Crippen LogP contribution in [0.4, 0.5) is 14.9 Å². The zero-order valence-corrected chi connectivity index (χ0v) is 15.3. The molecule has 2 rings (SSSR count). The van der Waals surface area contributed by atoms with E-state index in [2.05, 4.69) is 0 Å². The zero-order valence-electron chi connectivity index (χ0n) is 15.3. The van der Waals surface area contributed by atoms with Crippen LogP contribution < -0.4 is 10.4 Å². The monoisotopic (exact) mass is 337 g/mol. The maximum Gasteiger partial charge on any atom is 0.497 e. The summed E-state index contributed by atoms with van der Waals surface area (Å²) in [5, 5.41) is 9.43. The number of amides is 1. The highest BCUT2D eigenvalue weighted by atomic mass is 19.1. The summed E-state index contributed by atoms with van der Waals surface area (Å²) in [4.78, 5) is 12.7. The fourth-order valence-electron chi connectivity index (χ4n) is 2.60. The van der Waals surface area contributed by atoms with Gasteiger partial charge in [0.15, 0.2) is 0 Å². The molecule has 1 amide bonds. The van der Waals surface area contributed by atoms with Crippen molar-refractivity contribution in [3.8, 4) is 0 Å². The highest BCUT2D eigenvalue weighted by Gasteiger charge is 2.52. The van der Waals surface area contributed by atoms with Gasteiger partial charge in [-0.05, 0) is 60.6 Å². The first-order valence-corrected chi connectivity index (χ1v) is 7.94. The molecule has 0 bridgehead atoms. The Morgan fingerprint density at radius 1 is 1.17 bits per heavy atom. The van der Waals surface area contributed by atoms with Gasteiger partial charge < -0.3 is 14.4 Å². The number of carbonyl (C=O) groups is 1. The van der Waals surface area contributed by atoms with Crippen LogP contribution in [0, 0.1) is 5.82 Å². The lowest BCUT2D eigenvalue weighted by Crippen LogP contribution is -2.45. The smallest absolute Gasteiger partial charge is 0.465 e. The normalized spacial score (nSPS) is 19.4.